The minimum atomic E-state index is -0.170. The first-order valence-electron chi connectivity index (χ1n) is 8.81. The molecule has 0 aromatic heterocycles. The van der Waals surface area contributed by atoms with E-state index in [4.69, 9.17) is 9.47 Å². The van der Waals surface area contributed by atoms with Crippen molar-refractivity contribution < 1.29 is 14.3 Å². The fourth-order valence-electron chi connectivity index (χ4n) is 3.95. The molecule has 2 heterocycles. The van der Waals surface area contributed by atoms with Crippen LogP contribution in [0.1, 0.15) is 51.4 Å². The lowest BCUT2D eigenvalue weighted by molar-refractivity contribution is -0.142. The van der Waals surface area contributed by atoms with E-state index in [2.05, 4.69) is 4.90 Å². The van der Waals surface area contributed by atoms with Gasteiger partial charge in [-0.25, -0.2) is 0 Å². The van der Waals surface area contributed by atoms with Gasteiger partial charge in [-0.2, -0.15) is 0 Å². The zero-order valence-electron chi connectivity index (χ0n) is 13.1. The highest BCUT2D eigenvalue weighted by atomic mass is 16.5. The van der Waals surface area contributed by atoms with Gasteiger partial charge in [0.15, 0.2) is 0 Å². The average molecular weight is 295 g/mol. The number of ether oxygens (including phenoxy) is 2. The number of carbonyl (C=O) groups is 1. The minimum Gasteiger partial charge on any atom is -0.381 e. The molecule has 2 atom stereocenters. The van der Waals surface area contributed by atoms with Gasteiger partial charge in [0.1, 0.15) is 6.10 Å². The molecule has 2 saturated heterocycles. The second-order valence-corrected chi connectivity index (χ2v) is 6.98. The molecule has 4 heteroatoms. The third-order valence-electron chi connectivity index (χ3n) is 5.22. The zero-order chi connectivity index (χ0) is 14.5. The van der Waals surface area contributed by atoms with Crippen LogP contribution in [0.3, 0.4) is 0 Å². The summed E-state index contributed by atoms with van der Waals surface area (Å²) in [7, 11) is 0. The van der Waals surface area contributed by atoms with Crippen LogP contribution in [0.4, 0.5) is 0 Å². The predicted octanol–water partition coefficient (Wildman–Crippen LogP) is 2.61. The van der Waals surface area contributed by atoms with Crippen molar-refractivity contribution in [3.63, 3.8) is 0 Å². The van der Waals surface area contributed by atoms with Crippen molar-refractivity contribution in [2.45, 2.75) is 57.5 Å². The van der Waals surface area contributed by atoms with Crippen LogP contribution in [0.25, 0.3) is 0 Å². The smallest absolute Gasteiger partial charge is 0.251 e. The Hall–Kier alpha value is -0.610. The molecule has 21 heavy (non-hydrogen) atoms. The molecule has 1 saturated carbocycles. The van der Waals surface area contributed by atoms with E-state index in [9.17, 15) is 4.79 Å². The van der Waals surface area contributed by atoms with Gasteiger partial charge in [-0.1, -0.05) is 19.3 Å². The molecule has 0 N–H and O–H groups in total. The van der Waals surface area contributed by atoms with E-state index in [-0.39, 0.29) is 12.0 Å². The highest BCUT2D eigenvalue weighted by Crippen LogP contribution is 2.26. The van der Waals surface area contributed by atoms with E-state index >= 15 is 0 Å². The molecule has 3 aliphatic rings. The Morgan fingerprint density at radius 3 is 2.38 bits per heavy atom. The normalized spacial score (nSPS) is 30.7. The van der Waals surface area contributed by atoms with Crippen molar-refractivity contribution in [1.82, 2.24) is 4.90 Å². The van der Waals surface area contributed by atoms with E-state index in [1.807, 2.05) is 0 Å². The van der Waals surface area contributed by atoms with E-state index in [1.165, 1.54) is 32.1 Å². The van der Waals surface area contributed by atoms with E-state index in [1.54, 1.807) is 0 Å². The molecule has 0 aromatic carbocycles. The lowest BCUT2D eigenvalue weighted by Gasteiger charge is -2.32. The third-order valence-corrected chi connectivity index (χ3v) is 5.22. The van der Waals surface area contributed by atoms with Gasteiger partial charge in [-0.15, -0.1) is 0 Å². The maximum atomic E-state index is 12.8. The van der Waals surface area contributed by atoms with Crippen LogP contribution in [-0.4, -0.2) is 49.8 Å². The lowest BCUT2D eigenvalue weighted by Crippen LogP contribution is -2.44. The summed E-state index contributed by atoms with van der Waals surface area (Å²) in [5, 5.41) is 0. The van der Waals surface area contributed by atoms with Crippen LogP contribution >= 0.6 is 0 Å². The zero-order valence-corrected chi connectivity index (χ0v) is 13.1. The summed E-state index contributed by atoms with van der Waals surface area (Å²) in [5.41, 5.74) is 0. The van der Waals surface area contributed by atoms with Crippen molar-refractivity contribution >= 4 is 5.91 Å². The van der Waals surface area contributed by atoms with Gasteiger partial charge in [0.2, 0.25) is 0 Å². The summed E-state index contributed by atoms with van der Waals surface area (Å²) in [6.45, 7) is 4.24. The van der Waals surface area contributed by atoms with Crippen LogP contribution < -0.4 is 0 Å². The first-order chi connectivity index (χ1) is 10.3. The van der Waals surface area contributed by atoms with E-state index in [0.29, 0.717) is 11.8 Å². The average Bonchev–Trinajstić information content (AvgIpc) is 3.20. The molecular formula is C17H29NO3. The lowest BCUT2D eigenvalue weighted by atomic mass is 9.88. The number of rotatable bonds is 5. The molecular weight excluding hydrogens is 266 g/mol. The largest absolute Gasteiger partial charge is 0.381 e. The maximum absolute atomic E-state index is 12.8. The van der Waals surface area contributed by atoms with Crippen molar-refractivity contribution in [3.8, 4) is 0 Å². The fraction of sp³-hybridized carbons (Fsp3) is 0.941. The van der Waals surface area contributed by atoms with Crippen molar-refractivity contribution in [2.24, 2.45) is 11.8 Å². The second kappa shape index (κ2) is 7.59. The highest BCUT2D eigenvalue weighted by Gasteiger charge is 2.32. The van der Waals surface area contributed by atoms with Crippen LogP contribution in [0, 0.1) is 11.8 Å². The topological polar surface area (TPSA) is 38.8 Å². The Labute approximate surface area is 128 Å². The first-order valence-corrected chi connectivity index (χ1v) is 8.81. The minimum absolute atomic E-state index is 0.170. The van der Waals surface area contributed by atoms with Gasteiger partial charge in [0, 0.05) is 32.2 Å². The van der Waals surface area contributed by atoms with Gasteiger partial charge in [-0.3, -0.25) is 4.79 Å². The van der Waals surface area contributed by atoms with E-state index in [0.717, 1.165) is 52.2 Å². The van der Waals surface area contributed by atoms with Gasteiger partial charge < -0.3 is 14.4 Å². The number of hydrogen-bond donors (Lipinski definition) is 0. The molecule has 0 bridgehead atoms. The van der Waals surface area contributed by atoms with Crippen LogP contribution in [0.5, 0.6) is 0 Å². The molecule has 120 valence electrons. The molecule has 0 aromatic rings. The maximum Gasteiger partial charge on any atom is 0.251 e. The monoisotopic (exact) mass is 295 g/mol. The molecule has 1 aliphatic carbocycles. The SMILES string of the molecule is O=C([C@@H]1CCCO1)N(CC1CCCCC1)C[C@@H]1CCOC1. The molecule has 0 spiro atoms. The van der Waals surface area contributed by atoms with Crippen molar-refractivity contribution in [3.05, 3.63) is 0 Å². The highest BCUT2D eigenvalue weighted by molar-refractivity contribution is 5.81. The Balaban J connectivity index is 1.59. The summed E-state index contributed by atoms with van der Waals surface area (Å²) in [6.07, 6.45) is 9.47. The third kappa shape index (κ3) is 4.19. The number of hydrogen-bond acceptors (Lipinski definition) is 3. The predicted molar refractivity (Wildman–Crippen MR) is 81.1 cm³/mol. The molecule has 0 radical (unpaired) electrons. The Kier molecular flexibility index (Phi) is 5.53. The molecule has 3 rings (SSSR count). The van der Waals surface area contributed by atoms with Gasteiger partial charge in [-0.05, 0) is 38.0 Å². The van der Waals surface area contributed by atoms with Crippen LogP contribution in [-0.2, 0) is 14.3 Å². The Morgan fingerprint density at radius 1 is 0.905 bits per heavy atom. The molecule has 2 aliphatic heterocycles. The second-order valence-electron chi connectivity index (χ2n) is 6.98. The number of amides is 1. The first kappa shape index (κ1) is 15.3. The van der Waals surface area contributed by atoms with Crippen molar-refractivity contribution in [1.29, 1.82) is 0 Å². The standard InChI is InChI=1S/C17H29NO3/c19-17(16-7-4-9-21-16)18(12-15-8-10-20-13-15)11-14-5-2-1-3-6-14/h14-16H,1-13H2/t15-,16-/m0/s1. The summed E-state index contributed by atoms with van der Waals surface area (Å²) < 4.78 is 11.1. The summed E-state index contributed by atoms with van der Waals surface area (Å²) in [6, 6.07) is 0. The van der Waals surface area contributed by atoms with Crippen molar-refractivity contribution in [2.75, 3.05) is 32.9 Å². The molecule has 3 fully saturated rings. The number of nitrogens with zero attached hydrogens (tertiary/aromatic N) is 1. The number of carbonyl (C=O) groups excluding carboxylic acids is 1. The Bertz CT molecular complexity index is 329. The Morgan fingerprint density at radius 2 is 1.71 bits per heavy atom. The molecule has 4 nitrogen and oxygen atoms in total. The van der Waals surface area contributed by atoms with Gasteiger partial charge in [0.25, 0.3) is 5.91 Å². The quantitative estimate of drug-likeness (QED) is 0.782. The summed E-state index contributed by atoms with van der Waals surface area (Å²) in [4.78, 5) is 14.9. The van der Waals surface area contributed by atoms with Crippen LogP contribution in [0.2, 0.25) is 0 Å². The molecule has 0 unspecified atom stereocenters. The fourth-order valence-corrected chi connectivity index (χ4v) is 3.95. The summed E-state index contributed by atoms with van der Waals surface area (Å²) >= 11 is 0. The summed E-state index contributed by atoms with van der Waals surface area (Å²) in [5.74, 6) is 1.47. The van der Waals surface area contributed by atoms with Gasteiger partial charge in [0.05, 0.1) is 6.61 Å². The van der Waals surface area contributed by atoms with E-state index < -0.39 is 0 Å². The molecule has 1 amide bonds. The van der Waals surface area contributed by atoms with Gasteiger partial charge >= 0.3 is 0 Å². The van der Waals surface area contributed by atoms with Crippen LogP contribution in [0.15, 0.2) is 0 Å².